The van der Waals surface area contributed by atoms with Crippen LogP contribution in [0.15, 0.2) is 30.3 Å². The monoisotopic (exact) mass is 277 g/mol. The van der Waals surface area contributed by atoms with Crippen molar-refractivity contribution >= 4 is 18.0 Å². The lowest BCUT2D eigenvalue weighted by Gasteiger charge is -2.03. The van der Waals surface area contributed by atoms with Gasteiger partial charge in [-0.3, -0.25) is 4.79 Å². The maximum atomic E-state index is 11.4. The van der Waals surface area contributed by atoms with E-state index in [0.29, 0.717) is 6.54 Å². The molecule has 5 nitrogen and oxygen atoms in total. The molecule has 0 heterocycles. The summed E-state index contributed by atoms with van der Waals surface area (Å²) in [4.78, 5) is 22.6. The first kappa shape index (κ1) is 15.8. The minimum atomic E-state index is -0.549. The van der Waals surface area contributed by atoms with Crippen LogP contribution in [0.3, 0.4) is 0 Å². The van der Waals surface area contributed by atoms with Gasteiger partial charge in [-0.15, -0.1) is 0 Å². The summed E-state index contributed by atoms with van der Waals surface area (Å²) in [7, 11) is 1.59. The summed E-state index contributed by atoms with van der Waals surface area (Å²) in [5.74, 6) is -0.0946. The van der Waals surface area contributed by atoms with Gasteiger partial charge in [-0.05, 0) is 30.2 Å². The van der Waals surface area contributed by atoms with E-state index < -0.39 is 5.97 Å². The zero-order valence-electron chi connectivity index (χ0n) is 11.7. The van der Waals surface area contributed by atoms with Crippen molar-refractivity contribution in [3.63, 3.8) is 0 Å². The number of nitrogens with one attached hydrogen (secondary N) is 1. The van der Waals surface area contributed by atoms with Gasteiger partial charge in [0.05, 0.1) is 7.11 Å². The maximum Gasteiger partial charge on any atom is 0.331 e. The van der Waals surface area contributed by atoms with Gasteiger partial charge in [0.2, 0.25) is 0 Å². The van der Waals surface area contributed by atoms with Gasteiger partial charge in [0.25, 0.3) is 5.91 Å². The summed E-state index contributed by atoms with van der Waals surface area (Å²) in [6.07, 6.45) is 3.75. The highest BCUT2D eigenvalue weighted by molar-refractivity contribution is 5.89. The lowest BCUT2D eigenvalue weighted by atomic mass is 10.2. The molecule has 1 rings (SSSR count). The lowest BCUT2D eigenvalue weighted by molar-refractivity contribution is -0.143. The van der Waals surface area contributed by atoms with E-state index in [1.807, 2.05) is 19.1 Å². The van der Waals surface area contributed by atoms with Crippen LogP contribution in [-0.4, -0.2) is 32.1 Å². The maximum absolute atomic E-state index is 11.4. The molecule has 1 aromatic carbocycles. The Balaban J connectivity index is 2.37. The predicted octanol–water partition coefficient (Wildman–Crippen LogP) is 1.78. The normalized spacial score (nSPS) is 10.3. The van der Waals surface area contributed by atoms with Crippen LogP contribution in [0.2, 0.25) is 0 Å². The number of amides is 1. The minimum Gasteiger partial charge on any atom is -0.497 e. The second kappa shape index (κ2) is 8.74. The molecule has 20 heavy (non-hydrogen) atoms. The molecule has 1 N–H and O–H groups in total. The zero-order valence-corrected chi connectivity index (χ0v) is 11.7. The largest absolute Gasteiger partial charge is 0.497 e. The van der Waals surface area contributed by atoms with Gasteiger partial charge in [-0.1, -0.05) is 19.1 Å². The van der Waals surface area contributed by atoms with Gasteiger partial charge in [-0.2, -0.15) is 0 Å². The topological polar surface area (TPSA) is 64.6 Å². The number of carbonyl (C=O) groups excluding carboxylic acids is 2. The highest BCUT2D eigenvalue weighted by atomic mass is 16.5. The Hall–Kier alpha value is -2.30. The Bertz CT molecular complexity index is 465. The molecule has 0 bridgehead atoms. The van der Waals surface area contributed by atoms with E-state index in [1.54, 1.807) is 25.3 Å². The fourth-order valence-corrected chi connectivity index (χ4v) is 1.38. The number of hydrogen-bond acceptors (Lipinski definition) is 4. The van der Waals surface area contributed by atoms with E-state index in [2.05, 4.69) is 5.32 Å². The summed E-state index contributed by atoms with van der Waals surface area (Å²) in [6, 6.07) is 7.22. The molecule has 0 unspecified atom stereocenters. The van der Waals surface area contributed by atoms with Crippen LogP contribution in [0, 0.1) is 0 Å². The number of benzene rings is 1. The van der Waals surface area contributed by atoms with Crippen molar-refractivity contribution in [1.82, 2.24) is 5.32 Å². The van der Waals surface area contributed by atoms with Crippen LogP contribution in [0.25, 0.3) is 6.08 Å². The number of carbonyl (C=O) groups is 2. The van der Waals surface area contributed by atoms with Gasteiger partial charge in [-0.25, -0.2) is 4.79 Å². The molecule has 0 radical (unpaired) electrons. The van der Waals surface area contributed by atoms with Gasteiger partial charge in [0.1, 0.15) is 5.75 Å². The minimum absolute atomic E-state index is 0.258. The number of hydrogen-bond donors (Lipinski definition) is 1. The molecule has 1 amide bonds. The van der Waals surface area contributed by atoms with E-state index in [4.69, 9.17) is 9.47 Å². The van der Waals surface area contributed by atoms with E-state index >= 15 is 0 Å². The van der Waals surface area contributed by atoms with Crippen molar-refractivity contribution in [1.29, 1.82) is 0 Å². The quantitative estimate of drug-likeness (QED) is 0.609. The van der Waals surface area contributed by atoms with Crippen molar-refractivity contribution in [3.05, 3.63) is 35.9 Å². The van der Waals surface area contributed by atoms with Crippen LogP contribution >= 0.6 is 0 Å². The zero-order chi connectivity index (χ0) is 14.8. The Morgan fingerprint density at radius 1 is 1.25 bits per heavy atom. The van der Waals surface area contributed by atoms with E-state index in [1.165, 1.54) is 6.08 Å². The van der Waals surface area contributed by atoms with Crippen molar-refractivity contribution in [3.8, 4) is 5.75 Å². The standard InChI is InChI=1S/C15H19NO4/c1-3-10-16-14(17)11-20-15(18)9-6-12-4-7-13(19-2)8-5-12/h4-9H,3,10-11H2,1-2H3,(H,16,17)/b9-6+. The van der Waals surface area contributed by atoms with Crippen molar-refractivity contribution in [2.75, 3.05) is 20.3 Å². The fourth-order valence-electron chi connectivity index (χ4n) is 1.38. The van der Waals surface area contributed by atoms with Gasteiger partial charge >= 0.3 is 5.97 Å². The average molecular weight is 277 g/mol. The molecule has 108 valence electrons. The highest BCUT2D eigenvalue weighted by Crippen LogP contribution is 2.12. The molecule has 0 fully saturated rings. The summed E-state index contributed by atoms with van der Waals surface area (Å²) in [5, 5.41) is 2.62. The van der Waals surface area contributed by atoms with E-state index in [-0.39, 0.29) is 12.5 Å². The molecule has 0 aliphatic heterocycles. The molecule has 0 atom stereocenters. The second-order valence-electron chi connectivity index (χ2n) is 4.06. The Kier molecular flexibility index (Phi) is 6.89. The molecule has 5 heteroatoms. The highest BCUT2D eigenvalue weighted by Gasteiger charge is 2.03. The molecule has 0 aliphatic carbocycles. The second-order valence-corrected chi connectivity index (χ2v) is 4.06. The van der Waals surface area contributed by atoms with Crippen molar-refractivity contribution < 1.29 is 19.1 Å². The Morgan fingerprint density at radius 3 is 2.55 bits per heavy atom. The average Bonchev–Trinajstić information content (AvgIpc) is 2.49. The first-order chi connectivity index (χ1) is 9.65. The Labute approximate surface area is 118 Å². The van der Waals surface area contributed by atoms with E-state index in [0.717, 1.165) is 17.7 Å². The molecular formula is C15H19NO4. The Morgan fingerprint density at radius 2 is 1.95 bits per heavy atom. The first-order valence-electron chi connectivity index (χ1n) is 6.41. The van der Waals surface area contributed by atoms with Crippen LogP contribution in [0.1, 0.15) is 18.9 Å². The molecule has 0 saturated carbocycles. The first-order valence-corrected chi connectivity index (χ1v) is 6.41. The van der Waals surface area contributed by atoms with Crippen molar-refractivity contribution in [2.45, 2.75) is 13.3 Å². The van der Waals surface area contributed by atoms with Crippen molar-refractivity contribution in [2.24, 2.45) is 0 Å². The number of methoxy groups -OCH3 is 1. The molecule has 0 spiro atoms. The molecule has 1 aromatic rings. The molecule has 0 aliphatic rings. The third kappa shape index (κ3) is 6.04. The number of rotatable bonds is 7. The van der Waals surface area contributed by atoms with Crippen LogP contribution < -0.4 is 10.1 Å². The SMILES string of the molecule is CCCNC(=O)COC(=O)/C=C/c1ccc(OC)cc1. The molecule has 0 saturated heterocycles. The van der Waals surface area contributed by atoms with E-state index in [9.17, 15) is 9.59 Å². The summed E-state index contributed by atoms with van der Waals surface area (Å²) >= 11 is 0. The van der Waals surface area contributed by atoms with Gasteiger partial charge in [0.15, 0.2) is 6.61 Å². The predicted molar refractivity (Wildman–Crippen MR) is 76.3 cm³/mol. The fraction of sp³-hybridized carbons (Fsp3) is 0.333. The van der Waals surface area contributed by atoms with Crippen LogP contribution in [-0.2, 0) is 14.3 Å². The lowest BCUT2D eigenvalue weighted by Crippen LogP contribution is -2.28. The third-order valence-corrected chi connectivity index (χ3v) is 2.45. The summed E-state index contributed by atoms with van der Waals surface area (Å²) in [5.41, 5.74) is 0.846. The van der Waals surface area contributed by atoms with Gasteiger partial charge < -0.3 is 14.8 Å². The van der Waals surface area contributed by atoms with Gasteiger partial charge in [0, 0.05) is 12.6 Å². The number of ether oxygens (including phenoxy) is 2. The third-order valence-electron chi connectivity index (χ3n) is 2.45. The molecular weight excluding hydrogens is 258 g/mol. The number of esters is 1. The summed E-state index contributed by atoms with van der Waals surface area (Å²) in [6.45, 7) is 2.27. The van der Waals surface area contributed by atoms with Crippen LogP contribution in [0.5, 0.6) is 5.75 Å². The molecule has 0 aromatic heterocycles. The smallest absolute Gasteiger partial charge is 0.331 e. The summed E-state index contributed by atoms with van der Waals surface area (Å²) < 4.78 is 9.84. The van der Waals surface area contributed by atoms with Crippen LogP contribution in [0.4, 0.5) is 0 Å².